The number of hydrogen-bond acceptors (Lipinski definition) is 5. The first-order valence-corrected chi connectivity index (χ1v) is 5.84. The quantitative estimate of drug-likeness (QED) is 0.574. The van der Waals surface area contributed by atoms with E-state index in [1.165, 1.54) is 13.1 Å². The van der Waals surface area contributed by atoms with E-state index < -0.39 is 23.4 Å². The van der Waals surface area contributed by atoms with Gasteiger partial charge in [-0.2, -0.15) is 13.2 Å². The second kappa shape index (κ2) is 7.58. The minimum atomic E-state index is -4.75. The number of esters is 1. The predicted octanol–water partition coefficient (Wildman–Crippen LogP) is -0.0391. The van der Waals surface area contributed by atoms with E-state index in [-0.39, 0.29) is 36.6 Å². The van der Waals surface area contributed by atoms with Crippen molar-refractivity contribution in [1.82, 2.24) is 9.97 Å². The predicted molar refractivity (Wildman–Crippen MR) is 67.2 cm³/mol. The molecule has 0 saturated heterocycles. The van der Waals surface area contributed by atoms with Gasteiger partial charge in [0.1, 0.15) is 0 Å². The largest absolute Gasteiger partial charge is 1.00 e. The number of rotatable bonds is 2. The van der Waals surface area contributed by atoms with Crippen LogP contribution >= 0.6 is 0 Å². The summed E-state index contributed by atoms with van der Waals surface area (Å²) in [7, 11) is 0. The van der Waals surface area contributed by atoms with Crippen molar-refractivity contribution in [2.24, 2.45) is 0 Å². The van der Waals surface area contributed by atoms with Crippen LogP contribution in [0, 0.1) is 6.92 Å². The molecule has 0 aliphatic rings. The number of aromatic nitrogens is 2. The van der Waals surface area contributed by atoms with Crippen molar-refractivity contribution in [1.29, 1.82) is 0 Å². The summed E-state index contributed by atoms with van der Waals surface area (Å²) in [5, 5.41) is 0.362. The van der Waals surface area contributed by atoms with Crippen molar-refractivity contribution in [2.75, 3.05) is 6.61 Å². The summed E-state index contributed by atoms with van der Waals surface area (Å²) in [6.45, 7) is 3.25. The monoisotopic (exact) mass is 308 g/mol. The van der Waals surface area contributed by atoms with Crippen molar-refractivity contribution >= 4 is 17.0 Å². The Kier molecular flexibility index (Phi) is 7.02. The molecule has 0 aliphatic heterocycles. The average Bonchev–Trinajstić information content (AvgIpc) is 2.36. The molecule has 0 aromatic carbocycles. The van der Waals surface area contributed by atoms with Gasteiger partial charge >= 0.3 is 31.0 Å². The normalized spacial score (nSPS) is 10.6. The van der Waals surface area contributed by atoms with Gasteiger partial charge in [-0.25, -0.2) is 14.8 Å². The Morgan fingerprint density at radius 2 is 1.95 bits per heavy atom. The molecular formula is C13H12F3LiN2O3. The molecule has 22 heavy (non-hydrogen) atoms. The third kappa shape index (κ3) is 4.19. The van der Waals surface area contributed by atoms with Crippen molar-refractivity contribution in [3.8, 4) is 0 Å². The standard InChI is InChI=1S/C13H11F3N2O2.Li.H2O/c1-3-20-12(19)9-5-8-4-7(2)6-17-11(8)18-10(9)13(14,15)16;;/h4-6H,3H2,1-2H3;;1H2/q;+1;/p-1. The average molecular weight is 308 g/mol. The Labute approximate surface area is 136 Å². The van der Waals surface area contributed by atoms with Crippen molar-refractivity contribution in [2.45, 2.75) is 20.0 Å². The second-order valence-electron chi connectivity index (χ2n) is 4.16. The van der Waals surface area contributed by atoms with E-state index in [9.17, 15) is 18.0 Å². The Morgan fingerprint density at radius 3 is 2.50 bits per heavy atom. The van der Waals surface area contributed by atoms with Crippen molar-refractivity contribution in [3.05, 3.63) is 35.2 Å². The van der Waals surface area contributed by atoms with Gasteiger partial charge in [-0.1, -0.05) is 0 Å². The molecule has 2 heterocycles. The number of nitrogens with zero attached hydrogens (tertiary/aromatic N) is 2. The zero-order valence-electron chi connectivity index (χ0n) is 12.2. The summed E-state index contributed by atoms with van der Waals surface area (Å²) < 4.78 is 43.5. The third-order valence-corrected chi connectivity index (χ3v) is 2.57. The van der Waals surface area contributed by atoms with Gasteiger partial charge in [0.25, 0.3) is 0 Å². The number of carbonyl (C=O) groups is 1. The van der Waals surface area contributed by atoms with Gasteiger partial charge in [0.05, 0.1) is 12.2 Å². The van der Waals surface area contributed by atoms with E-state index in [0.29, 0.717) is 5.39 Å². The molecule has 0 aliphatic carbocycles. The van der Waals surface area contributed by atoms with Crippen LogP contribution in [0.2, 0.25) is 0 Å². The number of aryl methyl sites for hydroxylation is 1. The van der Waals surface area contributed by atoms with Crippen LogP contribution in [0.5, 0.6) is 0 Å². The first-order chi connectivity index (χ1) is 9.32. The van der Waals surface area contributed by atoms with Crippen molar-refractivity contribution < 1.29 is 47.0 Å². The molecule has 0 bridgehead atoms. The topological polar surface area (TPSA) is 82.1 Å². The Balaban J connectivity index is 0.00000220. The summed E-state index contributed by atoms with van der Waals surface area (Å²) in [6, 6.07) is 2.72. The van der Waals surface area contributed by atoms with E-state index in [0.717, 1.165) is 11.6 Å². The Bertz CT molecular complexity index is 677. The first kappa shape index (κ1) is 20.4. The summed E-state index contributed by atoms with van der Waals surface area (Å²) in [4.78, 5) is 19.0. The van der Waals surface area contributed by atoms with E-state index in [1.54, 1.807) is 13.0 Å². The number of halogens is 3. The van der Waals surface area contributed by atoms with Crippen LogP contribution in [0.25, 0.3) is 11.0 Å². The van der Waals surface area contributed by atoms with Crippen LogP contribution in [0.1, 0.15) is 28.5 Å². The molecule has 0 atom stereocenters. The number of alkyl halides is 3. The molecule has 2 rings (SSSR count). The van der Waals surface area contributed by atoms with Crippen LogP contribution in [0.4, 0.5) is 13.2 Å². The SMILES string of the molecule is CCOC(=O)c1cc2cc(C)cnc2nc1C(F)(F)F.[Li+].[OH-]. The van der Waals surface area contributed by atoms with Crippen LogP contribution in [-0.2, 0) is 10.9 Å². The van der Waals surface area contributed by atoms with E-state index >= 15 is 0 Å². The fourth-order valence-corrected chi connectivity index (χ4v) is 1.75. The minimum absolute atomic E-state index is 0. The molecule has 1 N–H and O–H groups in total. The molecule has 0 spiro atoms. The van der Waals surface area contributed by atoms with Gasteiger partial charge in [0.15, 0.2) is 11.3 Å². The van der Waals surface area contributed by atoms with Crippen LogP contribution in [0.15, 0.2) is 18.3 Å². The fraction of sp³-hybridized carbons (Fsp3) is 0.308. The van der Waals surface area contributed by atoms with Gasteiger partial charge in [0.2, 0.25) is 0 Å². The van der Waals surface area contributed by atoms with E-state index in [2.05, 4.69) is 14.7 Å². The Morgan fingerprint density at radius 1 is 1.32 bits per heavy atom. The second-order valence-corrected chi connectivity index (χ2v) is 4.16. The number of hydrogen-bond donors (Lipinski definition) is 0. The van der Waals surface area contributed by atoms with Gasteiger partial charge in [-0.3, -0.25) is 0 Å². The summed E-state index contributed by atoms with van der Waals surface area (Å²) in [5.74, 6) is -1.05. The van der Waals surface area contributed by atoms with Crippen LogP contribution in [0.3, 0.4) is 0 Å². The maximum Gasteiger partial charge on any atom is 1.00 e. The summed E-state index contributed by atoms with van der Waals surface area (Å²) in [5.41, 5.74) is -1.18. The first-order valence-electron chi connectivity index (χ1n) is 5.84. The fourth-order valence-electron chi connectivity index (χ4n) is 1.75. The van der Waals surface area contributed by atoms with E-state index in [4.69, 9.17) is 0 Å². The van der Waals surface area contributed by atoms with Gasteiger partial charge in [-0.05, 0) is 31.5 Å². The molecule has 0 amide bonds. The third-order valence-electron chi connectivity index (χ3n) is 2.57. The molecular weight excluding hydrogens is 296 g/mol. The summed E-state index contributed by atoms with van der Waals surface area (Å²) >= 11 is 0. The number of fused-ring (bicyclic) bond motifs is 1. The van der Waals surface area contributed by atoms with Gasteiger partial charge < -0.3 is 10.2 Å². The van der Waals surface area contributed by atoms with Crippen molar-refractivity contribution in [3.63, 3.8) is 0 Å². The zero-order valence-corrected chi connectivity index (χ0v) is 12.2. The molecule has 5 nitrogen and oxygen atoms in total. The smallest absolute Gasteiger partial charge is 0.870 e. The molecule has 114 valence electrons. The maximum absolute atomic E-state index is 13.0. The number of pyridine rings is 2. The molecule has 2 aromatic heterocycles. The molecule has 0 fully saturated rings. The molecule has 0 unspecified atom stereocenters. The number of carbonyl (C=O) groups excluding carboxylic acids is 1. The number of ether oxygens (including phenoxy) is 1. The van der Waals surface area contributed by atoms with Crippen LogP contribution < -0.4 is 18.9 Å². The zero-order chi connectivity index (χ0) is 14.9. The Hall–Kier alpha value is -1.62. The summed E-state index contributed by atoms with van der Waals surface area (Å²) in [6.07, 6.45) is -3.33. The van der Waals surface area contributed by atoms with E-state index in [1.807, 2.05) is 0 Å². The maximum atomic E-state index is 13.0. The molecule has 9 heteroatoms. The minimum Gasteiger partial charge on any atom is -0.870 e. The van der Waals surface area contributed by atoms with Crippen LogP contribution in [-0.4, -0.2) is 28.0 Å². The van der Waals surface area contributed by atoms with Gasteiger partial charge in [0, 0.05) is 11.6 Å². The molecule has 2 aromatic rings. The molecule has 0 radical (unpaired) electrons. The van der Waals surface area contributed by atoms with Gasteiger partial charge in [-0.15, -0.1) is 0 Å². The molecule has 0 saturated carbocycles.